The van der Waals surface area contributed by atoms with E-state index in [2.05, 4.69) is 9.97 Å². The quantitative estimate of drug-likeness (QED) is 0.626. The SMILES string of the molecule is O=C(COc1ccc(Cl)cc1)N(Cc1nc2ccccc2c(=O)[nH]1)C[C@H]1CCCO1. The van der Waals surface area contributed by atoms with Gasteiger partial charge in [-0.3, -0.25) is 9.59 Å². The summed E-state index contributed by atoms with van der Waals surface area (Å²) in [4.78, 5) is 34.2. The second-order valence-electron chi connectivity index (χ2n) is 7.18. The minimum Gasteiger partial charge on any atom is -0.484 e. The Kier molecular flexibility index (Phi) is 6.30. The summed E-state index contributed by atoms with van der Waals surface area (Å²) in [7, 11) is 0. The molecular formula is C22H22ClN3O4. The number of amides is 1. The van der Waals surface area contributed by atoms with Crippen LogP contribution in [0.4, 0.5) is 0 Å². The number of nitrogens with one attached hydrogen (secondary N) is 1. The highest BCUT2D eigenvalue weighted by Gasteiger charge is 2.24. The normalized spacial score (nSPS) is 16.0. The van der Waals surface area contributed by atoms with Crippen molar-refractivity contribution < 1.29 is 14.3 Å². The van der Waals surface area contributed by atoms with Gasteiger partial charge in [0.2, 0.25) is 0 Å². The lowest BCUT2D eigenvalue weighted by atomic mass is 10.2. The molecule has 1 atom stereocenters. The van der Waals surface area contributed by atoms with E-state index < -0.39 is 0 Å². The van der Waals surface area contributed by atoms with Crippen LogP contribution >= 0.6 is 11.6 Å². The molecule has 8 heteroatoms. The highest BCUT2D eigenvalue weighted by Crippen LogP contribution is 2.17. The molecule has 0 bridgehead atoms. The van der Waals surface area contributed by atoms with E-state index in [1.165, 1.54) is 0 Å². The molecule has 0 radical (unpaired) electrons. The Morgan fingerprint density at radius 2 is 2.03 bits per heavy atom. The van der Waals surface area contributed by atoms with Crippen molar-refractivity contribution >= 4 is 28.4 Å². The lowest BCUT2D eigenvalue weighted by Crippen LogP contribution is -2.40. The predicted octanol–water partition coefficient (Wildman–Crippen LogP) is 3.16. The van der Waals surface area contributed by atoms with Gasteiger partial charge in [0.05, 0.1) is 23.6 Å². The molecule has 1 amide bonds. The number of hydrogen-bond acceptors (Lipinski definition) is 5. The first-order chi connectivity index (χ1) is 14.6. The highest BCUT2D eigenvalue weighted by atomic mass is 35.5. The van der Waals surface area contributed by atoms with Crippen molar-refractivity contribution in [1.29, 1.82) is 0 Å². The van der Waals surface area contributed by atoms with Gasteiger partial charge in [-0.15, -0.1) is 0 Å². The average Bonchev–Trinajstić information content (AvgIpc) is 3.26. The van der Waals surface area contributed by atoms with Gasteiger partial charge >= 0.3 is 0 Å². The molecule has 4 rings (SSSR count). The summed E-state index contributed by atoms with van der Waals surface area (Å²) in [5.74, 6) is 0.773. The van der Waals surface area contributed by atoms with Gasteiger partial charge in [-0.1, -0.05) is 23.7 Å². The van der Waals surface area contributed by atoms with E-state index in [1.54, 1.807) is 47.4 Å². The summed E-state index contributed by atoms with van der Waals surface area (Å²) in [6.07, 6.45) is 1.83. The number of halogens is 1. The summed E-state index contributed by atoms with van der Waals surface area (Å²) >= 11 is 5.88. The second kappa shape index (κ2) is 9.28. The standard InChI is InChI=1S/C22H22ClN3O4/c23-15-7-9-16(10-8-15)30-14-21(27)26(12-17-4-3-11-29-17)13-20-24-19-6-2-1-5-18(19)22(28)25-20/h1-2,5-10,17H,3-4,11-14H2,(H,24,25,28)/t17-/m1/s1. The maximum absolute atomic E-state index is 12.9. The van der Waals surface area contributed by atoms with E-state index in [1.807, 2.05) is 6.07 Å². The van der Waals surface area contributed by atoms with E-state index in [0.29, 0.717) is 40.7 Å². The minimum atomic E-state index is -0.225. The molecule has 2 aromatic carbocycles. The van der Waals surface area contributed by atoms with Crippen molar-refractivity contribution in [2.45, 2.75) is 25.5 Å². The first-order valence-corrected chi connectivity index (χ1v) is 10.2. The van der Waals surface area contributed by atoms with Crippen LogP contribution in [0.25, 0.3) is 10.9 Å². The number of aromatic nitrogens is 2. The third kappa shape index (κ3) is 4.98. The van der Waals surface area contributed by atoms with Crippen LogP contribution in [0.3, 0.4) is 0 Å². The monoisotopic (exact) mass is 427 g/mol. The first kappa shape index (κ1) is 20.4. The largest absolute Gasteiger partial charge is 0.484 e. The molecule has 7 nitrogen and oxygen atoms in total. The molecule has 30 heavy (non-hydrogen) atoms. The van der Waals surface area contributed by atoms with Gasteiger partial charge in [0.1, 0.15) is 11.6 Å². The van der Waals surface area contributed by atoms with Crippen molar-refractivity contribution in [3.63, 3.8) is 0 Å². The van der Waals surface area contributed by atoms with Crippen LogP contribution in [0.5, 0.6) is 5.75 Å². The summed E-state index contributed by atoms with van der Waals surface area (Å²) in [6, 6.07) is 14.0. The number of carbonyl (C=O) groups is 1. The van der Waals surface area contributed by atoms with E-state index in [-0.39, 0.29) is 30.7 Å². The molecular weight excluding hydrogens is 406 g/mol. The van der Waals surface area contributed by atoms with Crippen LogP contribution in [-0.4, -0.2) is 46.6 Å². The van der Waals surface area contributed by atoms with Crippen molar-refractivity contribution in [3.8, 4) is 5.75 Å². The number of fused-ring (bicyclic) bond motifs is 1. The topological polar surface area (TPSA) is 84.5 Å². The molecule has 0 saturated carbocycles. The number of ether oxygens (including phenoxy) is 2. The van der Waals surface area contributed by atoms with Crippen molar-refractivity contribution in [2.75, 3.05) is 19.8 Å². The fourth-order valence-electron chi connectivity index (χ4n) is 3.45. The summed E-state index contributed by atoms with van der Waals surface area (Å²) in [5.41, 5.74) is 0.371. The number of nitrogens with zero attached hydrogens (tertiary/aromatic N) is 2. The van der Waals surface area contributed by atoms with E-state index in [0.717, 1.165) is 12.8 Å². The minimum absolute atomic E-state index is 0.0309. The van der Waals surface area contributed by atoms with Crippen LogP contribution in [-0.2, 0) is 16.1 Å². The molecule has 1 saturated heterocycles. The van der Waals surface area contributed by atoms with Crippen molar-refractivity contribution in [2.24, 2.45) is 0 Å². The molecule has 2 heterocycles. The molecule has 156 valence electrons. The van der Waals surface area contributed by atoms with Gasteiger partial charge < -0.3 is 19.4 Å². The zero-order valence-electron chi connectivity index (χ0n) is 16.3. The first-order valence-electron chi connectivity index (χ1n) is 9.84. The predicted molar refractivity (Wildman–Crippen MR) is 114 cm³/mol. The van der Waals surface area contributed by atoms with E-state index in [9.17, 15) is 9.59 Å². The van der Waals surface area contributed by atoms with Gasteiger partial charge in [0, 0.05) is 18.2 Å². The fourth-order valence-corrected chi connectivity index (χ4v) is 3.57. The van der Waals surface area contributed by atoms with Gasteiger partial charge in [0.15, 0.2) is 6.61 Å². The number of benzene rings is 2. The van der Waals surface area contributed by atoms with Gasteiger partial charge in [-0.25, -0.2) is 4.98 Å². The van der Waals surface area contributed by atoms with Gasteiger partial charge in [0.25, 0.3) is 11.5 Å². The maximum atomic E-state index is 12.9. The van der Waals surface area contributed by atoms with Crippen LogP contribution < -0.4 is 10.3 Å². The molecule has 1 fully saturated rings. The summed E-state index contributed by atoms with van der Waals surface area (Å²) in [6.45, 7) is 1.15. The molecule has 1 aliphatic heterocycles. The Morgan fingerprint density at radius 1 is 1.23 bits per heavy atom. The van der Waals surface area contributed by atoms with Gasteiger partial charge in [-0.05, 0) is 49.2 Å². The average molecular weight is 428 g/mol. The maximum Gasteiger partial charge on any atom is 0.261 e. The van der Waals surface area contributed by atoms with E-state index >= 15 is 0 Å². The number of H-pyrrole nitrogens is 1. The van der Waals surface area contributed by atoms with Crippen LogP contribution in [0.15, 0.2) is 53.3 Å². The molecule has 1 N–H and O–H groups in total. The summed E-state index contributed by atoms with van der Waals surface area (Å²) in [5, 5.41) is 1.12. The Hall–Kier alpha value is -2.90. The number of rotatable bonds is 7. The lowest BCUT2D eigenvalue weighted by molar-refractivity contribution is -0.135. The molecule has 0 unspecified atom stereocenters. The Bertz CT molecular complexity index is 1080. The number of hydrogen-bond donors (Lipinski definition) is 1. The molecule has 1 aliphatic rings. The van der Waals surface area contributed by atoms with Crippen molar-refractivity contribution in [3.05, 3.63) is 69.7 Å². The number of para-hydroxylation sites is 1. The van der Waals surface area contributed by atoms with Crippen LogP contribution in [0.1, 0.15) is 18.7 Å². The van der Waals surface area contributed by atoms with Crippen molar-refractivity contribution in [1.82, 2.24) is 14.9 Å². The second-order valence-corrected chi connectivity index (χ2v) is 7.62. The molecule has 0 spiro atoms. The Morgan fingerprint density at radius 3 is 2.80 bits per heavy atom. The van der Waals surface area contributed by atoms with Crippen LogP contribution in [0.2, 0.25) is 5.02 Å². The highest BCUT2D eigenvalue weighted by molar-refractivity contribution is 6.30. The Balaban J connectivity index is 1.50. The molecule has 1 aromatic heterocycles. The van der Waals surface area contributed by atoms with Crippen LogP contribution in [0, 0.1) is 0 Å². The van der Waals surface area contributed by atoms with Gasteiger partial charge in [-0.2, -0.15) is 0 Å². The third-order valence-electron chi connectivity index (χ3n) is 4.98. The Labute approximate surface area is 178 Å². The smallest absolute Gasteiger partial charge is 0.261 e. The fraction of sp³-hybridized carbons (Fsp3) is 0.318. The number of aromatic amines is 1. The number of carbonyl (C=O) groups excluding carboxylic acids is 1. The van der Waals surface area contributed by atoms with E-state index in [4.69, 9.17) is 21.1 Å². The third-order valence-corrected chi connectivity index (χ3v) is 5.23. The zero-order valence-corrected chi connectivity index (χ0v) is 17.1. The molecule has 3 aromatic rings. The summed E-state index contributed by atoms with van der Waals surface area (Å²) < 4.78 is 11.3. The molecule has 0 aliphatic carbocycles. The zero-order chi connectivity index (χ0) is 20.9. The lowest BCUT2D eigenvalue weighted by Gasteiger charge is -2.25.